The lowest BCUT2D eigenvalue weighted by atomic mass is 9.84. The molecular formula is C46H60N8O5S. The first-order valence-electron chi connectivity index (χ1n) is 22.1. The molecule has 0 unspecified atom stereocenters. The Morgan fingerprint density at radius 3 is 2.62 bits per heavy atom. The minimum absolute atomic E-state index is 0.0888. The summed E-state index contributed by atoms with van der Waals surface area (Å²) in [5, 5.41) is 8.49. The number of cyclic esters (lactones) is 1. The summed E-state index contributed by atoms with van der Waals surface area (Å²) in [7, 11) is 1.74. The van der Waals surface area contributed by atoms with Crippen LogP contribution in [0.5, 0.6) is 0 Å². The van der Waals surface area contributed by atoms with Crippen LogP contribution in [0.3, 0.4) is 0 Å². The molecule has 1 aromatic carbocycles. The largest absolute Gasteiger partial charge is 0.464 e. The summed E-state index contributed by atoms with van der Waals surface area (Å²) in [5.74, 6) is -0.550. The van der Waals surface area contributed by atoms with Crippen molar-refractivity contribution in [3.05, 3.63) is 52.1 Å². The summed E-state index contributed by atoms with van der Waals surface area (Å²) < 4.78 is 14.6. The van der Waals surface area contributed by atoms with Crippen LogP contribution in [0.25, 0.3) is 33.4 Å². The molecule has 2 saturated carbocycles. The van der Waals surface area contributed by atoms with Gasteiger partial charge in [0.05, 0.1) is 46.7 Å². The van der Waals surface area contributed by atoms with Crippen LogP contribution < -0.4 is 15.6 Å². The summed E-state index contributed by atoms with van der Waals surface area (Å²) in [5.41, 5.74) is 11.0. The number of esters is 1. The zero-order chi connectivity index (χ0) is 41.9. The average Bonchev–Trinajstić information content (AvgIpc) is 4.18. The van der Waals surface area contributed by atoms with Gasteiger partial charge in [-0.05, 0) is 82.1 Å². The van der Waals surface area contributed by atoms with E-state index in [1.165, 1.54) is 29.2 Å². The summed E-state index contributed by atoms with van der Waals surface area (Å²) >= 11 is 1.50. The minimum atomic E-state index is -0.824. The van der Waals surface area contributed by atoms with Gasteiger partial charge in [-0.25, -0.2) is 10.4 Å². The molecule has 4 fully saturated rings. The Hall–Kier alpha value is -4.37. The second kappa shape index (κ2) is 16.5. The molecule has 0 radical (unpaired) electrons. The maximum atomic E-state index is 14.1. The number of hydrazine groups is 1. The third-order valence-corrected chi connectivity index (χ3v) is 14.3. The lowest BCUT2D eigenvalue weighted by molar-refractivity contribution is -0.155. The number of rotatable bonds is 8. The van der Waals surface area contributed by atoms with E-state index in [0.717, 1.165) is 101 Å². The number of methoxy groups -OCH3 is 1. The van der Waals surface area contributed by atoms with E-state index in [9.17, 15) is 14.4 Å². The molecule has 3 aliphatic heterocycles. The molecule has 2 N–H and O–H groups in total. The Morgan fingerprint density at radius 2 is 1.90 bits per heavy atom. The maximum absolute atomic E-state index is 14.1. The summed E-state index contributed by atoms with van der Waals surface area (Å²) in [6.45, 7) is 16.0. The van der Waals surface area contributed by atoms with Crippen LogP contribution in [0.4, 0.5) is 5.69 Å². The third-order valence-electron chi connectivity index (χ3n) is 13.4. The first-order chi connectivity index (χ1) is 28.9. The van der Waals surface area contributed by atoms with E-state index >= 15 is 0 Å². The van der Waals surface area contributed by atoms with E-state index in [4.69, 9.17) is 19.4 Å². The highest BCUT2D eigenvalue weighted by molar-refractivity contribution is 7.10. The van der Waals surface area contributed by atoms with Crippen molar-refractivity contribution in [3.63, 3.8) is 0 Å². The molecule has 5 aliphatic rings. The summed E-state index contributed by atoms with van der Waals surface area (Å²) in [6, 6.07) is 8.16. The Balaban J connectivity index is 1.15. The first kappa shape index (κ1) is 41.0. The monoisotopic (exact) mass is 836 g/mol. The molecule has 2 amide bonds. The van der Waals surface area contributed by atoms with Crippen LogP contribution in [0.2, 0.25) is 0 Å². The number of piperazine rings is 1. The van der Waals surface area contributed by atoms with Crippen molar-refractivity contribution in [2.75, 3.05) is 51.3 Å². The standard InChI is InChI=1S/C46H60N8O5S/c1-7-53-39-13-10-29-20-33(39)35(42(53)34-21-31(24-47-41(34)28(3)58-6)52-17-15-51(16-18-52)30-11-12-30)23-46(4,5)26-59-45(57)36-9-8-14-54(50-36)44(56)37(22-40-48-38(29)25-60-40)49-43(55)32-19-27(32)2/h10,13,20-21,24-25,27-28,30,32,36-37,50H,7-9,11-12,14-19,22-23,26H2,1-6H3,(H,49,55)/t27-,28-,32-,36-,37-/m0/s1. The van der Waals surface area contributed by atoms with Crippen molar-refractivity contribution in [1.29, 1.82) is 0 Å². The Labute approximate surface area is 357 Å². The quantitative estimate of drug-likeness (QED) is 0.200. The molecule has 2 aliphatic carbocycles. The minimum Gasteiger partial charge on any atom is -0.464 e. The van der Waals surface area contributed by atoms with Crippen LogP contribution in [-0.2, 0) is 43.2 Å². The van der Waals surface area contributed by atoms with Gasteiger partial charge in [0.15, 0.2) is 0 Å². The first-order valence-corrected chi connectivity index (χ1v) is 23.0. The van der Waals surface area contributed by atoms with E-state index in [-0.39, 0.29) is 42.8 Å². The van der Waals surface area contributed by atoms with E-state index in [1.54, 1.807) is 7.11 Å². The molecule has 60 heavy (non-hydrogen) atoms. The van der Waals surface area contributed by atoms with Gasteiger partial charge in [0.2, 0.25) is 5.91 Å². The fourth-order valence-corrected chi connectivity index (χ4v) is 10.4. The van der Waals surface area contributed by atoms with Crippen molar-refractivity contribution in [2.45, 2.75) is 110 Å². The number of ether oxygens (including phenoxy) is 2. The van der Waals surface area contributed by atoms with E-state index in [2.05, 4.69) is 89.4 Å². The number of nitrogens with one attached hydrogen (secondary N) is 2. The average molecular weight is 837 g/mol. The molecule has 320 valence electrons. The molecule has 3 aromatic heterocycles. The van der Waals surface area contributed by atoms with Gasteiger partial charge in [-0.3, -0.25) is 29.3 Å². The normalized spacial score (nSPS) is 25.5. The number of hydrogen-bond donors (Lipinski definition) is 2. The molecular weight excluding hydrogens is 777 g/mol. The molecule has 6 heterocycles. The van der Waals surface area contributed by atoms with Gasteiger partial charge in [-0.2, -0.15) is 0 Å². The number of nitrogens with zero attached hydrogens (tertiary/aromatic N) is 6. The predicted molar refractivity (Wildman–Crippen MR) is 233 cm³/mol. The van der Waals surface area contributed by atoms with Crippen molar-refractivity contribution in [3.8, 4) is 22.5 Å². The molecule has 2 saturated heterocycles. The summed E-state index contributed by atoms with van der Waals surface area (Å²) in [4.78, 5) is 56.6. The number of benzene rings is 1. The fourth-order valence-electron chi connectivity index (χ4n) is 9.52. The zero-order valence-corrected chi connectivity index (χ0v) is 36.8. The second-order valence-corrected chi connectivity index (χ2v) is 19.5. The lowest BCUT2D eigenvalue weighted by Gasteiger charge is -2.36. The van der Waals surface area contributed by atoms with Crippen molar-refractivity contribution in [1.82, 2.24) is 35.2 Å². The molecule has 13 nitrogen and oxygen atoms in total. The van der Waals surface area contributed by atoms with Gasteiger partial charge >= 0.3 is 5.97 Å². The number of aromatic nitrogens is 3. The SMILES string of the molecule is CCn1c(-c2cc(N3CCN(C4CC4)CC3)cnc2[C@H](C)OC)c2c3cc(ccc31)-c1csc(n1)C[C@H](NC(=O)[C@H]1C[C@@H]1C)C(=O)N1CCC[C@H](N1)C(=O)OCC(C)(C)C2. The van der Waals surface area contributed by atoms with Crippen LogP contribution >= 0.6 is 11.3 Å². The van der Waals surface area contributed by atoms with E-state index in [1.807, 2.05) is 6.20 Å². The van der Waals surface area contributed by atoms with Gasteiger partial charge in [-0.1, -0.05) is 26.8 Å². The van der Waals surface area contributed by atoms with E-state index in [0.29, 0.717) is 31.7 Å². The molecule has 5 atom stereocenters. The molecule has 0 spiro atoms. The lowest BCUT2D eigenvalue weighted by Crippen LogP contribution is -2.60. The van der Waals surface area contributed by atoms with Gasteiger partial charge in [-0.15, -0.1) is 11.3 Å². The van der Waals surface area contributed by atoms with Crippen molar-refractivity contribution >= 4 is 45.7 Å². The number of aryl methyl sites for hydroxylation is 1. The fraction of sp³-hybridized carbons (Fsp3) is 0.587. The number of thiazole rings is 1. The Morgan fingerprint density at radius 1 is 1.12 bits per heavy atom. The highest BCUT2D eigenvalue weighted by Gasteiger charge is 2.42. The van der Waals surface area contributed by atoms with Crippen LogP contribution in [-0.4, -0.2) is 107 Å². The zero-order valence-electron chi connectivity index (χ0n) is 36.0. The number of carbonyl (C=O) groups is 3. The number of anilines is 1. The molecule has 9 rings (SSSR count). The number of carbonyl (C=O) groups excluding carboxylic acids is 3. The van der Waals surface area contributed by atoms with Crippen LogP contribution in [0, 0.1) is 17.3 Å². The highest BCUT2D eigenvalue weighted by atomic mass is 32.1. The number of fused-ring (bicyclic) bond motifs is 6. The van der Waals surface area contributed by atoms with Crippen molar-refractivity contribution in [2.24, 2.45) is 17.3 Å². The van der Waals surface area contributed by atoms with Gasteiger partial charge in [0.1, 0.15) is 12.1 Å². The molecule has 6 bridgehead atoms. The summed E-state index contributed by atoms with van der Waals surface area (Å²) in [6.07, 6.45) is 7.28. The number of hydrogen-bond acceptors (Lipinski definition) is 11. The number of amides is 2. The Kier molecular flexibility index (Phi) is 11.3. The van der Waals surface area contributed by atoms with E-state index < -0.39 is 17.5 Å². The predicted octanol–water partition coefficient (Wildman–Crippen LogP) is 6.14. The molecule has 4 aromatic rings. The Bertz CT molecular complexity index is 2270. The van der Waals surface area contributed by atoms with Crippen LogP contribution in [0.15, 0.2) is 35.8 Å². The smallest absolute Gasteiger partial charge is 0.324 e. The van der Waals surface area contributed by atoms with Gasteiger partial charge in [0.25, 0.3) is 5.91 Å². The van der Waals surface area contributed by atoms with Crippen molar-refractivity contribution < 1.29 is 23.9 Å². The van der Waals surface area contributed by atoms with Crippen LogP contribution in [0.1, 0.15) is 89.1 Å². The molecule has 14 heteroatoms. The topological polar surface area (TPSA) is 134 Å². The maximum Gasteiger partial charge on any atom is 0.324 e. The van der Waals surface area contributed by atoms with Gasteiger partial charge in [0, 0.05) is 97.6 Å². The van der Waals surface area contributed by atoms with Gasteiger partial charge < -0.3 is 24.3 Å². The third kappa shape index (κ3) is 8.20. The highest BCUT2D eigenvalue weighted by Crippen LogP contribution is 2.43. The second-order valence-electron chi connectivity index (χ2n) is 18.5. The number of pyridine rings is 1.